The SMILES string of the molecule is COc1ccc(CCN(Cc2ccc(C(=O)O)cc2)S(=O)(=O)c2cc(Cl)cc(Cl)c2O)cc1OC. The Morgan fingerprint density at radius 1 is 0.943 bits per heavy atom. The Hall–Kier alpha value is -2.98. The van der Waals surface area contributed by atoms with Crippen LogP contribution in [-0.4, -0.2) is 49.7 Å². The largest absolute Gasteiger partial charge is 0.505 e. The van der Waals surface area contributed by atoms with Crippen LogP contribution >= 0.6 is 23.2 Å². The number of carboxylic acid groups (broad SMARTS) is 1. The van der Waals surface area contributed by atoms with Gasteiger partial charge in [-0.1, -0.05) is 41.4 Å². The van der Waals surface area contributed by atoms with Gasteiger partial charge in [-0.05, 0) is 53.9 Å². The third-order valence-electron chi connectivity index (χ3n) is 5.27. The lowest BCUT2D eigenvalue weighted by Gasteiger charge is -2.23. The van der Waals surface area contributed by atoms with E-state index in [1.54, 1.807) is 18.2 Å². The Balaban J connectivity index is 1.97. The van der Waals surface area contributed by atoms with E-state index in [-0.39, 0.29) is 28.7 Å². The number of methoxy groups -OCH3 is 2. The summed E-state index contributed by atoms with van der Waals surface area (Å²) in [6.07, 6.45) is 0.307. The van der Waals surface area contributed by atoms with Crippen LogP contribution in [0, 0.1) is 0 Å². The molecule has 11 heteroatoms. The predicted octanol–water partition coefficient (Wildman–Crippen LogP) is 4.85. The zero-order valence-electron chi connectivity index (χ0n) is 18.9. The van der Waals surface area contributed by atoms with Gasteiger partial charge in [0, 0.05) is 18.1 Å². The van der Waals surface area contributed by atoms with E-state index in [1.165, 1.54) is 48.9 Å². The molecule has 0 unspecified atom stereocenters. The molecule has 0 bridgehead atoms. The first-order chi connectivity index (χ1) is 16.6. The van der Waals surface area contributed by atoms with Crippen molar-refractivity contribution in [3.63, 3.8) is 0 Å². The highest BCUT2D eigenvalue weighted by Gasteiger charge is 2.29. The average molecular weight is 540 g/mol. The van der Waals surface area contributed by atoms with Crippen LogP contribution in [0.3, 0.4) is 0 Å². The third kappa shape index (κ3) is 6.18. The number of aromatic hydroxyl groups is 1. The third-order valence-corrected chi connectivity index (χ3v) is 7.63. The fourth-order valence-electron chi connectivity index (χ4n) is 3.41. The van der Waals surface area contributed by atoms with Gasteiger partial charge in [0.05, 0.1) is 24.8 Å². The van der Waals surface area contributed by atoms with E-state index in [9.17, 15) is 18.3 Å². The van der Waals surface area contributed by atoms with Crippen molar-refractivity contribution in [1.82, 2.24) is 4.31 Å². The smallest absolute Gasteiger partial charge is 0.335 e. The lowest BCUT2D eigenvalue weighted by atomic mass is 10.1. The Bertz CT molecular complexity index is 1330. The minimum atomic E-state index is -4.26. The second-order valence-electron chi connectivity index (χ2n) is 7.51. The molecule has 0 saturated carbocycles. The number of carboxylic acids is 1. The van der Waals surface area contributed by atoms with E-state index >= 15 is 0 Å². The monoisotopic (exact) mass is 539 g/mol. The van der Waals surface area contributed by atoms with Crippen molar-refractivity contribution in [1.29, 1.82) is 0 Å². The Labute approximate surface area is 213 Å². The lowest BCUT2D eigenvalue weighted by Crippen LogP contribution is -2.32. The second-order valence-corrected chi connectivity index (χ2v) is 10.3. The highest BCUT2D eigenvalue weighted by Crippen LogP contribution is 2.36. The minimum absolute atomic E-state index is 0.0298. The molecule has 0 aliphatic heterocycles. The summed E-state index contributed by atoms with van der Waals surface area (Å²) in [6.45, 7) is -0.0544. The molecule has 0 atom stereocenters. The second kappa shape index (κ2) is 11.2. The van der Waals surface area contributed by atoms with E-state index in [2.05, 4.69) is 0 Å². The van der Waals surface area contributed by atoms with E-state index < -0.39 is 26.6 Å². The summed E-state index contributed by atoms with van der Waals surface area (Å²) in [5.41, 5.74) is 1.42. The summed E-state index contributed by atoms with van der Waals surface area (Å²) in [6, 6.07) is 13.5. The quantitative estimate of drug-likeness (QED) is 0.378. The molecule has 0 aliphatic rings. The predicted molar refractivity (Wildman–Crippen MR) is 132 cm³/mol. The first-order valence-electron chi connectivity index (χ1n) is 10.3. The van der Waals surface area contributed by atoms with Crippen LogP contribution < -0.4 is 9.47 Å². The van der Waals surface area contributed by atoms with Gasteiger partial charge in [-0.25, -0.2) is 13.2 Å². The molecule has 0 aromatic heterocycles. The van der Waals surface area contributed by atoms with E-state index in [4.69, 9.17) is 37.8 Å². The van der Waals surface area contributed by atoms with Crippen LogP contribution in [0.1, 0.15) is 21.5 Å². The molecule has 186 valence electrons. The molecule has 0 radical (unpaired) electrons. The standard InChI is InChI=1S/C24H23Cl2NO7S/c1-33-20-8-5-15(11-21(20)34-2)9-10-27(14-16-3-6-17(7-4-16)24(29)30)35(31,32)22-13-18(25)12-19(26)23(22)28/h3-8,11-13,28H,9-10,14H2,1-2H3,(H,29,30). The molecule has 35 heavy (non-hydrogen) atoms. The lowest BCUT2D eigenvalue weighted by molar-refractivity contribution is 0.0697. The van der Waals surface area contributed by atoms with Gasteiger partial charge in [0.2, 0.25) is 10.0 Å². The maximum Gasteiger partial charge on any atom is 0.335 e. The maximum absolute atomic E-state index is 13.6. The number of halogens is 2. The molecule has 3 aromatic rings. The number of carbonyl (C=O) groups is 1. The van der Waals surface area contributed by atoms with Gasteiger partial charge in [0.1, 0.15) is 4.90 Å². The van der Waals surface area contributed by atoms with Crippen LogP contribution in [0.15, 0.2) is 59.5 Å². The van der Waals surface area contributed by atoms with Crippen LogP contribution in [0.4, 0.5) is 0 Å². The van der Waals surface area contributed by atoms with Crippen LogP contribution in [0.5, 0.6) is 17.2 Å². The number of ether oxygens (including phenoxy) is 2. The van der Waals surface area contributed by atoms with Crippen LogP contribution in [-0.2, 0) is 23.0 Å². The van der Waals surface area contributed by atoms with Crippen molar-refractivity contribution in [2.24, 2.45) is 0 Å². The number of hydrogen-bond donors (Lipinski definition) is 2. The molecule has 2 N–H and O–H groups in total. The molecule has 0 saturated heterocycles. The summed E-state index contributed by atoms with van der Waals surface area (Å²) in [7, 11) is -1.24. The molecule has 0 heterocycles. The number of phenolic OH excluding ortho intramolecular Hbond substituents is 1. The molecule has 0 amide bonds. The average Bonchev–Trinajstić information content (AvgIpc) is 2.83. The minimum Gasteiger partial charge on any atom is -0.505 e. The number of phenols is 1. The molecular formula is C24H23Cl2NO7S. The molecule has 0 fully saturated rings. The fourth-order valence-corrected chi connectivity index (χ4v) is 5.58. The Morgan fingerprint density at radius 3 is 2.17 bits per heavy atom. The van der Waals surface area contributed by atoms with Crippen molar-refractivity contribution < 1.29 is 32.9 Å². The number of rotatable bonds is 10. The number of nitrogens with zero attached hydrogens (tertiary/aromatic N) is 1. The summed E-state index contributed by atoms with van der Waals surface area (Å²) in [5.74, 6) is -0.651. The number of benzene rings is 3. The summed E-state index contributed by atoms with van der Waals surface area (Å²) >= 11 is 12.0. The topological polar surface area (TPSA) is 113 Å². The van der Waals surface area contributed by atoms with Crippen LogP contribution in [0.25, 0.3) is 0 Å². The van der Waals surface area contributed by atoms with Crippen molar-refractivity contribution >= 4 is 39.2 Å². The van der Waals surface area contributed by atoms with Crippen molar-refractivity contribution in [3.05, 3.63) is 81.3 Å². The zero-order chi connectivity index (χ0) is 25.8. The summed E-state index contributed by atoms with van der Waals surface area (Å²) in [4.78, 5) is 10.7. The maximum atomic E-state index is 13.6. The van der Waals surface area contributed by atoms with Gasteiger partial charge < -0.3 is 19.7 Å². The van der Waals surface area contributed by atoms with Gasteiger partial charge in [0.15, 0.2) is 17.2 Å². The highest BCUT2D eigenvalue weighted by molar-refractivity contribution is 7.89. The van der Waals surface area contributed by atoms with Crippen LogP contribution in [0.2, 0.25) is 10.0 Å². The molecule has 0 aliphatic carbocycles. The normalized spacial score (nSPS) is 11.5. The Kier molecular flexibility index (Phi) is 8.50. The number of sulfonamides is 1. The van der Waals surface area contributed by atoms with Crippen molar-refractivity contribution in [2.45, 2.75) is 17.9 Å². The molecule has 3 rings (SSSR count). The molecule has 8 nitrogen and oxygen atoms in total. The summed E-state index contributed by atoms with van der Waals surface area (Å²) in [5, 5.41) is 19.4. The van der Waals surface area contributed by atoms with E-state index in [1.807, 2.05) is 0 Å². The van der Waals surface area contributed by atoms with Gasteiger partial charge in [-0.2, -0.15) is 4.31 Å². The number of aromatic carboxylic acids is 1. The molecular weight excluding hydrogens is 517 g/mol. The van der Waals surface area contributed by atoms with Crippen molar-refractivity contribution in [2.75, 3.05) is 20.8 Å². The zero-order valence-corrected chi connectivity index (χ0v) is 21.2. The van der Waals surface area contributed by atoms with E-state index in [0.29, 0.717) is 23.5 Å². The Morgan fingerprint density at radius 2 is 1.57 bits per heavy atom. The fraction of sp³-hybridized carbons (Fsp3) is 0.208. The van der Waals surface area contributed by atoms with Crippen molar-refractivity contribution in [3.8, 4) is 17.2 Å². The highest BCUT2D eigenvalue weighted by atomic mass is 35.5. The molecule has 0 spiro atoms. The summed E-state index contributed by atoms with van der Waals surface area (Å²) < 4.78 is 38.9. The van der Waals surface area contributed by atoms with Gasteiger partial charge in [0.25, 0.3) is 0 Å². The first-order valence-corrected chi connectivity index (χ1v) is 12.5. The van der Waals surface area contributed by atoms with Gasteiger partial charge in [-0.15, -0.1) is 0 Å². The van der Waals surface area contributed by atoms with E-state index in [0.717, 1.165) is 11.6 Å². The molecule has 3 aromatic carbocycles. The van der Waals surface area contributed by atoms with Gasteiger partial charge in [-0.3, -0.25) is 0 Å². The first kappa shape index (κ1) is 26.6. The van der Waals surface area contributed by atoms with Gasteiger partial charge >= 0.3 is 5.97 Å². The number of hydrogen-bond acceptors (Lipinski definition) is 6.